The Kier molecular flexibility index (Phi) is 2.53. The maximum absolute atomic E-state index is 13.1. The van der Waals surface area contributed by atoms with E-state index in [0.29, 0.717) is 11.3 Å². The molecule has 0 aliphatic rings. The summed E-state index contributed by atoms with van der Waals surface area (Å²) in [5, 5.41) is 0. The molecule has 0 saturated heterocycles. The van der Waals surface area contributed by atoms with E-state index in [4.69, 9.17) is 12.2 Å². The minimum Gasteiger partial charge on any atom is -0.330 e. The largest absolute Gasteiger partial charge is 0.330 e. The van der Waals surface area contributed by atoms with Gasteiger partial charge in [-0.15, -0.1) is 11.3 Å². The zero-order chi connectivity index (χ0) is 11.8. The van der Waals surface area contributed by atoms with E-state index in [9.17, 15) is 4.39 Å². The van der Waals surface area contributed by atoms with Crippen molar-refractivity contribution in [3.05, 3.63) is 45.4 Å². The summed E-state index contributed by atoms with van der Waals surface area (Å²) in [6.45, 7) is 0.662. The molecule has 0 aliphatic heterocycles. The number of fused-ring (bicyclic) bond motifs is 1. The number of thiazole rings is 1. The Labute approximate surface area is 106 Å². The van der Waals surface area contributed by atoms with Gasteiger partial charge in [-0.05, 0) is 30.4 Å². The fourth-order valence-electron chi connectivity index (χ4n) is 1.77. The molecule has 1 aromatic carbocycles. The number of nitrogens with zero attached hydrogens (tertiary/aromatic N) is 2. The summed E-state index contributed by atoms with van der Waals surface area (Å²) < 4.78 is 15.6. The Hall–Kier alpha value is -1.53. The molecule has 6 heteroatoms. The lowest BCUT2D eigenvalue weighted by Crippen LogP contribution is -1.97. The van der Waals surface area contributed by atoms with Crippen LogP contribution in [0.2, 0.25) is 0 Å². The second-order valence-electron chi connectivity index (χ2n) is 3.65. The number of H-pyrrole nitrogens is 1. The minimum atomic E-state index is -0.265. The molecule has 2 aromatic heterocycles. The summed E-state index contributed by atoms with van der Waals surface area (Å²) in [5.74, 6) is -0.265. The zero-order valence-corrected chi connectivity index (χ0v) is 10.3. The van der Waals surface area contributed by atoms with Crippen LogP contribution in [0.1, 0.15) is 4.88 Å². The Morgan fingerprint density at radius 2 is 2.35 bits per heavy atom. The van der Waals surface area contributed by atoms with Crippen LogP contribution in [0.25, 0.3) is 11.0 Å². The number of hydrogen-bond acceptors (Lipinski definition) is 3. The third-order valence-electron chi connectivity index (χ3n) is 2.53. The monoisotopic (exact) mass is 265 g/mol. The van der Waals surface area contributed by atoms with E-state index < -0.39 is 0 Å². The van der Waals surface area contributed by atoms with E-state index in [1.807, 2.05) is 10.8 Å². The molecule has 3 nitrogen and oxygen atoms in total. The molecule has 3 aromatic rings. The maximum atomic E-state index is 13.1. The van der Waals surface area contributed by atoms with Crippen LogP contribution in [0.3, 0.4) is 0 Å². The van der Waals surface area contributed by atoms with Crippen molar-refractivity contribution in [2.75, 3.05) is 0 Å². The molecule has 2 heterocycles. The molecule has 0 spiro atoms. The predicted octanol–water partition coefficient (Wildman–Crippen LogP) is 3.34. The summed E-state index contributed by atoms with van der Waals surface area (Å²) >= 11 is 6.81. The second-order valence-corrected chi connectivity index (χ2v) is 5.00. The standard InChI is InChI=1S/C11H8FN3S2/c12-7-1-2-10-9(3-7)14-11(16)15(10)5-8-4-13-6-17-8/h1-4,6H,5H2,(H,14,16). The van der Waals surface area contributed by atoms with E-state index in [1.165, 1.54) is 12.1 Å². The lowest BCUT2D eigenvalue weighted by Gasteiger charge is -2.01. The van der Waals surface area contributed by atoms with Crippen molar-refractivity contribution in [3.63, 3.8) is 0 Å². The van der Waals surface area contributed by atoms with Gasteiger partial charge in [-0.1, -0.05) is 0 Å². The number of benzene rings is 1. The van der Waals surface area contributed by atoms with Gasteiger partial charge in [0.1, 0.15) is 5.82 Å². The first-order valence-corrected chi connectivity index (χ1v) is 6.28. The summed E-state index contributed by atoms with van der Waals surface area (Å²) in [6.07, 6.45) is 1.81. The molecule has 1 N–H and O–H groups in total. The maximum Gasteiger partial charge on any atom is 0.178 e. The second kappa shape index (κ2) is 4.05. The first-order chi connectivity index (χ1) is 8.24. The minimum absolute atomic E-state index is 0.265. The van der Waals surface area contributed by atoms with Crippen molar-refractivity contribution in [3.8, 4) is 0 Å². The highest BCUT2D eigenvalue weighted by Crippen LogP contribution is 2.18. The first kappa shape index (κ1) is 10.6. The van der Waals surface area contributed by atoms with Gasteiger partial charge in [0.05, 0.1) is 23.1 Å². The Morgan fingerprint density at radius 1 is 1.47 bits per heavy atom. The van der Waals surface area contributed by atoms with Crippen LogP contribution in [0, 0.1) is 10.6 Å². The molecule has 0 aliphatic carbocycles. The fraction of sp³-hybridized carbons (Fsp3) is 0.0909. The highest BCUT2D eigenvalue weighted by molar-refractivity contribution is 7.71. The molecule has 86 valence electrons. The topological polar surface area (TPSA) is 33.6 Å². The smallest absolute Gasteiger partial charge is 0.178 e. The van der Waals surface area contributed by atoms with Gasteiger partial charge in [0.25, 0.3) is 0 Å². The predicted molar refractivity (Wildman–Crippen MR) is 68.3 cm³/mol. The van der Waals surface area contributed by atoms with Gasteiger partial charge in [-0.25, -0.2) is 4.39 Å². The molecule has 0 fully saturated rings. The molecule has 0 amide bonds. The summed E-state index contributed by atoms with van der Waals surface area (Å²) in [5.41, 5.74) is 3.41. The lowest BCUT2D eigenvalue weighted by atomic mass is 10.3. The van der Waals surface area contributed by atoms with Crippen LogP contribution >= 0.6 is 23.6 Å². The van der Waals surface area contributed by atoms with Gasteiger partial charge in [-0.2, -0.15) is 0 Å². The number of nitrogens with one attached hydrogen (secondary N) is 1. The number of halogens is 1. The highest BCUT2D eigenvalue weighted by atomic mass is 32.1. The average molecular weight is 265 g/mol. The van der Waals surface area contributed by atoms with Crippen molar-refractivity contribution in [1.29, 1.82) is 0 Å². The number of hydrogen-bond donors (Lipinski definition) is 1. The molecule has 3 rings (SSSR count). The SMILES string of the molecule is Fc1ccc2c(c1)[nH]c(=S)n2Cc1cncs1. The third kappa shape index (κ3) is 1.89. The summed E-state index contributed by atoms with van der Waals surface area (Å²) in [6, 6.07) is 4.63. The van der Waals surface area contributed by atoms with E-state index in [2.05, 4.69) is 9.97 Å². The number of rotatable bonds is 2. The number of aromatic nitrogens is 3. The van der Waals surface area contributed by atoms with Crippen molar-refractivity contribution in [1.82, 2.24) is 14.5 Å². The van der Waals surface area contributed by atoms with E-state index >= 15 is 0 Å². The van der Waals surface area contributed by atoms with Crippen molar-refractivity contribution < 1.29 is 4.39 Å². The molecule has 0 unspecified atom stereocenters. The molecular formula is C11H8FN3S2. The van der Waals surface area contributed by atoms with Gasteiger partial charge in [-0.3, -0.25) is 4.98 Å². The van der Waals surface area contributed by atoms with E-state index in [0.717, 1.165) is 15.9 Å². The highest BCUT2D eigenvalue weighted by Gasteiger charge is 2.06. The van der Waals surface area contributed by atoms with Crippen LogP contribution in [0.5, 0.6) is 0 Å². The fourth-order valence-corrected chi connectivity index (χ4v) is 2.62. The van der Waals surface area contributed by atoms with Gasteiger partial charge in [0.15, 0.2) is 4.77 Å². The third-order valence-corrected chi connectivity index (χ3v) is 3.62. The van der Waals surface area contributed by atoms with Crippen LogP contribution in [0.15, 0.2) is 29.9 Å². The van der Waals surface area contributed by atoms with Crippen molar-refractivity contribution in [2.24, 2.45) is 0 Å². The van der Waals surface area contributed by atoms with Gasteiger partial charge < -0.3 is 9.55 Å². The molecule has 0 radical (unpaired) electrons. The van der Waals surface area contributed by atoms with Gasteiger partial charge in [0, 0.05) is 11.1 Å². The summed E-state index contributed by atoms with van der Waals surface area (Å²) in [4.78, 5) is 8.15. The Morgan fingerprint density at radius 3 is 3.12 bits per heavy atom. The van der Waals surface area contributed by atoms with Crippen molar-refractivity contribution >= 4 is 34.6 Å². The average Bonchev–Trinajstić information content (AvgIpc) is 2.88. The first-order valence-electron chi connectivity index (χ1n) is 4.99. The normalized spacial score (nSPS) is 11.1. The van der Waals surface area contributed by atoms with E-state index in [-0.39, 0.29) is 5.82 Å². The lowest BCUT2D eigenvalue weighted by molar-refractivity contribution is 0.629. The molecule has 0 atom stereocenters. The number of aromatic amines is 1. The summed E-state index contributed by atoms with van der Waals surface area (Å²) in [7, 11) is 0. The van der Waals surface area contributed by atoms with Gasteiger partial charge >= 0.3 is 0 Å². The van der Waals surface area contributed by atoms with Crippen LogP contribution < -0.4 is 0 Å². The van der Waals surface area contributed by atoms with Crippen LogP contribution in [-0.2, 0) is 6.54 Å². The van der Waals surface area contributed by atoms with Crippen LogP contribution in [-0.4, -0.2) is 14.5 Å². The molecule has 17 heavy (non-hydrogen) atoms. The zero-order valence-electron chi connectivity index (χ0n) is 8.68. The Balaban J connectivity index is 2.16. The van der Waals surface area contributed by atoms with Gasteiger partial charge in [0.2, 0.25) is 0 Å². The molecular weight excluding hydrogens is 257 g/mol. The molecule has 0 saturated carbocycles. The van der Waals surface area contributed by atoms with Crippen molar-refractivity contribution in [2.45, 2.75) is 6.54 Å². The molecule has 0 bridgehead atoms. The van der Waals surface area contributed by atoms with Crippen LogP contribution in [0.4, 0.5) is 4.39 Å². The van der Waals surface area contributed by atoms with E-state index in [1.54, 1.807) is 22.9 Å². The number of imidazole rings is 1. The Bertz CT molecular complexity index is 712. The quantitative estimate of drug-likeness (QED) is 0.721.